The number of nitrogens with zero attached hydrogens (tertiary/aromatic N) is 3. The van der Waals surface area contributed by atoms with Crippen LogP contribution < -0.4 is 4.90 Å². The monoisotopic (exact) mass is 793 g/mol. The van der Waals surface area contributed by atoms with Crippen LogP contribution in [0.3, 0.4) is 0 Å². The van der Waals surface area contributed by atoms with E-state index in [2.05, 4.69) is 252 Å². The van der Waals surface area contributed by atoms with E-state index >= 15 is 0 Å². The van der Waals surface area contributed by atoms with Gasteiger partial charge in [-0.2, -0.15) is 0 Å². The summed E-state index contributed by atoms with van der Waals surface area (Å²) in [4.78, 5) is 2.40. The Morgan fingerprint density at radius 1 is 0.371 bits per heavy atom. The van der Waals surface area contributed by atoms with E-state index in [0.29, 0.717) is 0 Å². The summed E-state index contributed by atoms with van der Waals surface area (Å²) >= 11 is 0. The van der Waals surface area contributed by atoms with Crippen molar-refractivity contribution in [1.29, 1.82) is 0 Å². The van der Waals surface area contributed by atoms with Gasteiger partial charge in [0.15, 0.2) is 0 Å². The molecule has 11 aromatic rings. The summed E-state index contributed by atoms with van der Waals surface area (Å²) in [6, 6.07) is 79.8. The van der Waals surface area contributed by atoms with Crippen molar-refractivity contribution in [3.63, 3.8) is 0 Å². The number of anilines is 3. The van der Waals surface area contributed by atoms with E-state index in [4.69, 9.17) is 0 Å². The largest absolute Gasteiger partial charge is 0.316 e. The van der Waals surface area contributed by atoms with Crippen LogP contribution in [-0.2, 0) is 5.41 Å². The first-order chi connectivity index (χ1) is 30.5. The molecule has 1 aliphatic rings. The molecule has 1 aliphatic carbocycles. The van der Waals surface area contributed by atoms with Gasteiger partial charge in [-0.05, 0) is 129 Å². The van der Waals surface area contributed by atoms with Gasteiger partial charge in [-0.25, -0.2) is 0 Å². The minimum absolute atomic E-state index is 0.0951. The first-order valence-electron chi connectivity index (χ1n) is 21.5. The third-order valence-corrected chi connectivity index (χ3v) is 13.2. The van der Waals surface area contributed by atoms with Crippen molar-refractivity contribution in [3.05, 3.63) is 236 Å². The van der Waals surface area contributed by atoms with Crippen LogP contribution >= 0.6 is 0 Å². The summed E-state index contributed by atoms with van der Waals surface area (Å²) in [6.07, 6.45) is 2.20. The quantitative estimate of drug-likeness (QED) is 0.157. The minimum atomic E-state index is -0.0951. The maximum Gasteiger partial charge on any atom is 0.0562 e. The Bertz CT molecular complexity index is 3450. The van der Waals surface area contributed by atoms with Crippen LogP contribution in [0.15, 0.2) is 225 Å². The topological polar surface area (TPSA) is 13.1 Å². The molecule has 0 fully saturated rings. The van der Waals surface area contributed by atoms with E-state index in [0.717, 1.165) is 28.4 Å². The fraction of sp³-hybridized carbons (Fsp3) is 0.0508. The molecule has 0 saturated heterocycles. The summed E-state index contributed by atoms with van der Waals surface area (Å²) in [5.74, 6) is 0. The third kappa shape index (κ3) is 5.73. The molecule has 62 heavy (non-hydrogen) atoms. The number of para-hydroxylation sites is 2. The Morgan fingerprint density at radius 3 is 1.65 bits per heavy atom. The molecule has 0 amide bonds. The van der Waals surface area contributed by atoms with Crippen LogP contribution in [0.25, 0.3) is 77.5 Å². The molecule has 0 bridgehead atoms. The Kier molecular flexibility index (Phi) is 8.20. The number of rotatable bonds is 7. The fourth-order valence-electron chi connectivity index (χ4n) is 10.0. The predicted molar refractivity (Wildman–Crippen MR) is 261 cm³/mol. The molecule has 0 aliphatic heterocycles. The Morgan fingerprint density at radius 2 is 0.935 bits per heavy atom. The summed E-state index contributed by atoms with van der Waals surface area (Å²) in [5.41, 5.74) is 19.4. The fourth-order valence-corrected chi connectivity index (χ4v) is 10.0. The van der Waals surface area contributed by atoms with Crippen LogP contribution in [0, 0.1) is 0 Å². The van der Waals surface area contributed by atoms with E-state index in [1.54, 1.807) is 0 Å². The zero-order chi connectivity index (χ0) is 41.4. The van der Waals surface area contributed by atoms with Crippen molar-refractivity contribution < 1.29 is 0 Å². The number of aromatic nitrogens is 2. The van der Waals surface area contributed by atoms with Gasteiger partial charge < -0.3 is 14.0 Å². The molecular weight excluding hydrogens is 751 g/mol. The zero-order valence-electron chi connectivity index (χ0n) is 34.7. The average Bonchev–Trinajstić information content (AvgIpc) is 3.97. The summed E-state index contributed by atoms with van der Waals surface area (Å²) in [5, 5.41) is 3.76. The highest BCUT2D eigenvalue weighted by Gasteiger charge is 2.35. The van der Waals surface area contributed by atoms with Gasteiger partial charge in [0.2, 0.25) is 0 Å². The van der Waals surface area contributed by atoms with E-state index in [1.807, 2.05) is 0 Å². The van der Waals surface area contributed by atoms with Crippen LogP contribution in [0.2, 0.25) is 0 Å². The maximum atomic E-state index is 2.41. The number of benzene rings is 9. The molecule has 0 spiro atoms. The van der Waals surface area contributed by atoms with Crippen molar-refractivity contribution in [2.75, 3.05) is 4.90 Å². The van der Waals surface area contributed by atoms with Crippen LogP contribution in [0.5, 0.6) is 0 Å². The highest BCUT2D eigenvalue weighted by molar-refractivity contribution is 6.13. The third-order valence-electron chi connectivity index (χ3n) is 13.2. The van der Waals surface area contributed by atoms with Crippen LogP contribution in [0.1, 0.15) is 25.0 Å². The second-order valence-electron chi connectivity index (χ2n) is 17.0. The zero-order valence-corrected chi connectivity index (χ0v) is 34.7. The van der Waals surface area contributed by atoms with Gasteiger partial charge in [0.1, 0.15) is 0 Å². The molecule has 0 radical (unpaired) electrons. The lowest BCUT2D eigenvalue weighted by molar-refractivity contribution is 0.660. The summed E-state index contributed by atoms with van der Waals surface area (Å²) < 4.78 is 4.70. The number of fused-ring (bicyclic) bond motifs is 7. The van der Waals surface area contributed by atoms with Crippen LogP contribution in [0.4, 0.5) is 17.1 Å². The van der Waals surface area contributed by atoms with Crippen molar-refractivity contribution in [2.45, 2.75) is 19.3 Å². The highest BCUT2D eigenvalue weighted by Crippen LogP contribution is 2.50. The number of hydrogen-bond acceptors (Lipinski definition) is 1. The van der Waals surface area contributed by atoms with E-state index in [-0.39, 0.29) is 5.41 Å². The molecule has 0 N–H and O–H groups in total. The lowest BCUT2D eigenvalue weighted by Crippen LogP contribution is -2.16. The normalized spacial score (nSPS) is 12.8. The minimum Gasteiger partial charge on any atom is -0.316 e. The van der Waals surface area contributed by atoms with Gasteiger partial charge in [0, 0.05) is 56.2 Å². The molecule has 12 rings (SSSR count). The maximum absolute atomic E-state index is 2.41. The van der Waals surface area contributed by atoms with Gasteiger partial charge >= 0.3 is 0 Å². The second kappa shape index (κ2) is 14.1. The standard InChI is InChI=1S/C59H43N3/c1-59(2)54-19-11-9-17-50(54)51-34-33-49(38-55(51)59)61(47-29-23-41(24-30-47)40-13-5-3-6-14-40)48-31-25-43(26-32-48)42-21-27-45(28-22-42)60-36-35-44-37-53-52-18-10-12-20-56(52)62(58(53)39-57(44)60)46-15-7-4-8-16-46/h3-39H,1-2H3. The van der Waals surface area contributed by atoms with Crippen molar-refractivity contribution >= 4 is 49.8 Å². The second-order valence-corrected chi connectivity index (χ2v) is 17.0. The molecule has 3 heteroatoms. The first kappa shape index (κ1) is 36.0. The molecular formula is C59H43N3. The van der Waals surface area contributed by atoms with E-state index < -0.39 is 0 Å². The lowest BCUT2D eigenvalue weighted by Gasteiger charge is -2.28. The van der Waals surface area contributed by atoms with Crippen LogP contribution in [-0.4, -0.2) is 9.13 Å². The molecule has 0 atom stereocenters. The Hall–Kier alpha value is -7.88. The van der Waals surface area contributed by atoms with Gasteiger partial charge in [-0.3, -0.25) is 0 Å². The molecule has 294 valence electrons. The summed E-state index contributed by atoms with van der Waals surface area (Å²) in [7, 11) is 0. The first-order valence-corrected chi connectivity index (χ1v) is 21.5. The van der Waals surface area contributed by atoms with Crippen molar-refractivity contribution in [2.24, 2.45) is 0 Å². The molecule has 2 aromatic heterocycles. The lowest BCUT2D eigenvalue weighted by atomic mass is 9.82. The molecule has 2 heterocycles. The van der Waals surface area contributed by atoms with Gasteiger partial charge in [-0.1, -0.05) is 147 Å². The Balaban J connectivity index is 0.895. The van der Waals surface area contributed by atoms with Gasteiger partial charge in [0.25, 0.3) is 0 Å². The molecule has 0 unspecified atom stereocenters. The number of hydrogen-bond donors (Lipinski definition) is 0. The molecule has 9 aromatic carbocycles. The van der Waals surface area contributed by atoms with E-state index in [9.17, 15) is 0 Å². The van der Waals surface area contributed by atoms with E-state index in [1.165, 1.54) is 77.2 Å². The predicted octanol–water partition coefficient (Wildman–Crippen LogP) is 15.8. The van der Waals surface area contributed by atoms with Gasteiger partial charge in [0.05, 0.1) is 16.6 Å². The summed E-state index contributed by atoms with van der Waals surface area (Å²) in [6.45, 7) is 4.70. The Labute approximate surface area is 362 Å². The highest BCUT2D eigenvalue weighted by atomic mass is 15.1. The van der Waals surface area contributed by atoms with Gasteiger partial charge in [-0.15, -0.1) is 0 Å². The molecule has 3 nitrogen and oxygen atoms in total. The SMILES string of the molecule is CC1(C)c2ccccc2-c2ccc(N(c3ccc(-c4ccccc4)cc3)c3ccc(-c4ccc(-n5ccc6cc7c8ccccc8n(-c8ccccc8)c7cc65)cc4)cc3)cc21. The molecule has 0 saturated carbocycles. The van der Waals surface area contributed by atoms with Crippen molar-refractivity contribution in [3.8, 4) is 44.8 Å². The smallest absolute Gasteiger partial charge is 0.0562 e. The average molecular weight is 794 g/mol. The van der Waals surface area contributed by atoms with Crippen molar-refractivity contribution in [1.82, 2.24) is 9.13 Å².